The van der Waals surface area contributed by atoms with Crippen LogP contribution in [0, 0.1) is 0 Å². The van der Waals surface area contributed by atoms with Gasteiger partial charge >= 0.3 is 5.97 Å². The molecule has 8 heteroatoms. The Bertz CT molecular complexity index is 538. The fourth-order valence-corrected chi connectivity index (χ4v) is 1.52. The van der Waals surface area contributed by atoms with Crippen molar-refractivity contribution in [1.82, 2.24) is 9.97 Å². The van der Waals surface area contributed by atoms with Crippen LogP contribution in [0.1, 0.15) is 31.7 Å². The van der Waals surface area contributed by atoms with Gasteiger partial charge in [-0.05, 0) is 19.3 Å². The highest BCUT2D eigenvalue weighted by molar-refractivity contribution is 5.86. The summed E-state index contributed by atoms with van der Waals surface area (Å²) in [5.74, 6) is -1.90. The maximum absolute atomic E-state index is 11.6. The molecule has 0 aliphatic carbocycles. The number of amides is 1. The third kappa shape index (κ3) is 4.78. The number of nitrogens with zero attached hydrogens (tertiary/aromatic N) is 1. The van der Waals surface area contributed by atoms with Crippen molar-refractivity contribution >= 4 is 17.8 Å². The monoisotopic (exact) mass is 269 g/mol. The van der Waals surface area contributed by atoms with Gasteiger partial charge in [-0.2, -0.15) is 4.98 Å². The van der Waals surface area contributed by atoms with E-state index in [2.05, 4.69) is 15.3 Å². The van der Waals surface area contributed by atoms with Crippen molar-refractivity contribution in [3.63, 3.8) is 0 Å². The Hall–Kier alpha value is -2.38. The number of aromatic hydroxyl groups is 1. The molecule has 8 nitrogen and oxygen atoms in total. The zero-order valence-electron chi connectivity index (χ0n) is 10.4. The van der Waals surface area contributed by atoms with E-state index in [1.807, 2.05) is 0 Å². The summed E-state index contributed by atoms with van der Waals surface area (Å²) < 4.78 is 0. The standard InChI is InChI=1S/C11H15N3O5/c1-6(15)12-11-13-9(18)7(10(19)14-11)4-2-3-5-8(16)17/h2-5H2,1H3,(H,16,17)(H3,12,13,14,15,18,19). The average molecular weight is 269 g/mol. The summed E-state index contributed by atoms with van der Waals surface area (Å²) in [7, 11) is 0. The second kappa shape index (κ2) is 6.53. The number of carboxylic acid groups (broad SMARTS) is 1. The Kier molecular flexibility index (Phi) is 5.04. The Morgan fingerprint density at radius 1 is 1.37 bits per heavy atom. The molecule has 0 saturated heterocycles. The minimum atomic E-state index is -0.905. The van der Waals surface area contributed by atoms with Gasteiger partial charge in [0, 0.05) is 13.3 Å². The van der Waals surface area contributed by atoms with Crippen LogP contribution in [0.25, 0.3) is 0 Å². The molecule has 104 valence electrons. The molecule has 4 N–H and O–H groups in total. The highest BCUT2D eigenvalue weighted by atomic mass is 16.4. The highest BCUT2D eigenvalue weighted by Crippen LogP contribution is 2.13. The normalized spacial score (nSPS) is 10.2. The van der Waals surface area contributed by atoms with Gasteiger partial charge in [-0.3, -0.25) is 24.7 Å². The first-order valence-corrected chi connectivity index (χ1v) is 5.71. The van der Waals surface area contributed by atoms with E-state index in [1.165, 1.54) is 6.92 Å². The number of rotatable bonds is 6. The molecule has 0 saturated carbocycles. The lowest BCUT2D eigenvalue weighted by molar-refractivity contribution is -0.137. The topological polar surface area (TPSA) is 132 Å². The predicted octanol–water partition coefficient (Wildman–Crippen LogP) is 0.231. The quantitative estimate of drug-likeness (QED) is 0.546. The molecule has 0 aliphatic rings. The summed E-state index contributed by atoms with van der Waals surface area (Å²) in [4.78, 5) is 38.7. The number of hydrogen-bond acceptors (Lipinski definition) is 5. The molecule has 0 unspecified atom stereocenters. The molecule has 1 amide bonds. The smallest absolute Gasteiger partial charge is 0.303 e. The largest absolute Gasteiger partial charge is 0.493 e. The number of aromatic nitrogens is 2. The number of nitrogens with one attached hydrogen (secondary N) is 2. The molecule has 1 rings (SSSR count). The molecule has 0 aliphatic heterocycles. The van der Waals surface area contributed by atoms with Crippen LogP contribution in [-0.2, 0) is 16.0 Å². The summed E-state index contributed by atoms with van der Waals surface area (Å²) in [6, 6.07) is 0. The number of hydrogen-bond donors (Lipinski definition) is 4. The first kappa shape index (κ1) is 14.7. The van der Waals surface area contributed by atoms with Gasteiger partial charge in [0.1, 0.15) is 0 Å². The number of aliphatic carboxylic acids is 1. The van der Waals surface area contributed by atoms with E-state index in [4.69, 9.17) is 5.11 Å². The van der Waals surface area contributed by atoms with Crippen molar-refractivity contribution in [2.45, 2.75) is 32.6 Å². The molecule has 0 fully saturated rings. The molecule has 1 aromatic heterocycles. The SMILES string of the molecule is CC(=O)Nc1nc(O)c(CCCCC(=O)O)c(=O)[nH]1. The van der Waals surface area contributed by atoms with E-state index in [1.54, 1.807) is 0 Å². The van der Waals surface area contributed by atoms with Crippen LogP contribution < -0.4 is 10.9 Å². The van der Waals surface area contributed by atoms with Crippen molar-refractivity contribution in [3.8, 4) is 5.88 Å². The molecular weight excluding hydrogens is 254 g/mol. The number of carboxylic acids is 1. The minimum Gasteiger partial charge on any atom is -0.493 e. The first-order valence-electron chi connectivity index (χ1n) is 5.71. The lowest BCUT2D eigenvalue weighted by Gasteiger charge is -2.05. The fraction of sp³-hybridized carbons (Fsp3) is 0.455. The summed E-state index contributed by atoms with van der Waals surface area (Å²) in [6.45, 7) is 1.25. The zero-order valence-corrected chi connectivity index (χ0v) is 10.4. The predicted molar refractivity (Wildman–Crippen MR) is 66.0 cm³/mol. The Balaban J connectivity index is 2.72. The lowest BCUT2D eigenvalue weighted by atomic mass is 10.1. The molecule has 1 heterocycles. The van der Waals surface area contributed by atoms with Crippen LogP contribution >= 0.6 is 0 Å². The van der Waals surface area contributed by atoms with Crippen LogP contribution in [0.3, 0.4) is 0 Å². The molecule has 1 aromatic rings. The molecule has 19 heavy (non-hydrogen) atoms. The van der Waals surface area contributed by atoms with E-state index in [0.29, 0.717) is 12.8 Å². The zero-order chi connectivity index (χ0) is 14.4. The number of carbonyl (C=O) groups is 2. The van der Waals surface area contributed by atoms with Crippen LogP contribution in [0.2, 0.25) is 0 Å². The van der Waals surface area contributed by atoms with Crippen molar-refractivity contribution in [2.24, 2.45) is 0 Å². The van der Waals surface area contributed by atoms with E-state index in [-0.39, 0.29) is 24.4 Å². The van der Waals surface area contributed by atoms with Gasteiger partial charge in [-0.15, -0.1) is 0 Å². The summed E-state index contributed by atoms with van der Waals surface area (Å²) in [5, 5.41) is 20.3. The van der Waals surface area contributed by atoms with E-state index in [9.17, 15) is 19.5 Å². The highest BCUT2D eigenvalue weighted by Gasteiger charge is 2.11. The second-order valence-electron chi connectivity index (χ2n) is 4.00. The Morgan fingerprint density at radius 3 is 2.58 bits per heavy atom. The van der Waals surface area contributed by atoms with Crippen molar-refractivity contribution < 1.29 is 19.8 Å². The van der Waals surface area contributed by atoms with Gasteiger partial charge in [0.2, 0.25) is 17.7 Å². The molecular formula is C11H15N3O5. The first-order chi connectivity index (χ1) is 8.90. The third-order valence-corrected chi connectivity index (χ3v) is 2.36. The fourth-order valence-electron chi connectivity index (χ4n) is 1.52. The molecule has 0 aromatic carbocycles. The maximum Gasteiger partial charge on any atom is 0.303 e. The second-order valence-corrected chi connectivity index (χ2v) is 4.00. The van der Waals surface area contributed by atoms with E-state index >= 15 is 0 Å². The Labute approximate surface area is 108 Å². The number of aromatic amines is 1. The summed E-state index contributed by atoms with van der Waals surface area (Å²) >= 11 is 0. The lowest BCUT2D eigenvalue weighted by Crippen LogP contribution is -2.19. The molecule has 0 radical (unpaired) electrons. The van der Waals surface area contributed by atoms with Crippen LogP contribution in [0.15, 0.2) is 4.79 Å². The number of carbonyl (C=O) groups excluding carboxylic acids is 1. The van der Waals surface area contributed by atoms with Crippen LogP contribution in [0.5, 0.6) is 5.88 Å². The minimum absolute atomic E-state index is 0.00999. The maximum atomic E-state index is 11.6. The van der Waals surface area contributed by atoms with Crippen molar-refractivity contribution in [1.29, 1.82) is 0 Å². The van der Waals surface area contributed by atoms with Gasteiger partial charge < -0.3 is 10.2 Å². The van der Waals surface area contributed by atoms with Gasteiger partial charge in [0.25, 0.3) is 5.56 Å². The average Bonchev–Trinajstić information content (AvgIpc) is 2.25. The summed E-state index contributed by atoms with van der Waals surface area (Å²) in [5.41, 5.74) is -0.467. The van der Waals surface area contributed by atoms with Crippen LogP contribution in [0.4, 0.5) is 5.95 Å². The van der Waals surface area contributed by atoms with E-state index < -0.39 is 23.3 Å². The number of H-pyrrole nitrogens is 1. The van der Waals surface area contributed by atoms with Gasteiger partial charge in [0.15, 0.2) is 0 Å². The number of unbranched alkanes of at least 4 members (excludes halogenated alkanes) is 1. The van der Waals surface area contributed by atoms with Gasteiger partial charge in [0.05, 0.1) is 5.56 Å². The molecule has 0 atom stereocenters. The van der Waals surface area contributed by atoms with E-state index in [0.717, 1.165) is 0 Å². The summed E-state index contributed by atoms with van der Waals surface area (Å²) in [6.07, 6.45) is 1.09. The van der Waals surface area contributed by atoms with Crippen molar-refractivity contribution in [3.05, 3.63) is 15.9 Å². The molecule has 0 bridgehead atoms. The van der Waals surface area contributed by atoms with Gasteiger partial charge in [-0.25, -0.2) is 0 Å². The van der Waals surface area contributed by atoms with Crippen LogP contribution in [-0.4, -0.2) is 32.1 Å². The number of anilines is 1. The van der Waals surface area contributed by atoms with Crippen molar-refractivity contribution in [2.75, 3.05) is 5.32 Å². The third-order valence-electron chi connectivity index (χ3n) is 2.36. The molecule has 0 spiro atoms. The Morgan fingerprint density at radius 2 is 2.05 bits per heavy atom. The van der Waals surface area contributed by atoms with Gasteiger partial charge in [-0.1, -0.05) is 0 Å².